The fourth-order valence-corrected chi connectivity index (χ4v) is 2.76. The molecule has 0 spiro atoms. The van der Waals surface area contributed by atoms with Crippen LogP contribution in [0.25, 0.3) is 0 Å². The summed E-state index contributed by atoms with van der Waals surface area (Å²) in [5.41, 5.74) is 1.06. The van der Waals surface area contributed by atoms with Crippen molar-refractivity contribution in [2.24, 2.45) is 0 Å². The zero-order valence-corrected chi connectivity index (χ0v) is 14.0. The molecule has 118 valence electrons. The van der Waals surface area contributed by atoms with Crippen molar-refractivity contribution in [1.29, 1.82) is 0 Å². The van der Waals surface area contributed by atoms with E-state index in [0.29, 0.717) is 30.2 Å². The van der Waals surface area contributed by atoms with Crippen LogP contribution in [0.3, 0.4) is 0 Å². The molecule has 2 N–H and O–H groups in total. The van der Waals surface area contributed by atoms with Crippen molar-refractivity contribution in [3.8, 4) is 0 Å². The van der Waals surface area contributed by atoms with E-state index in [1.54, 1.807) is 0 Å². The van der Waals surface area contributed by atoms with Gasteiger partial charge in [0.1, 0.15) is 0 Å². The van der Waals surface area contributed by atoms with Crippen LogP contribution in [0.4, 0.5) is 0 Å². The Hall–Kier alpha value is -0.810. The van der Waals surface area contributed by atoms with Crippen molar-refractivity contribution in [3.63, 3.8) is 0 Å². The Labute approximate surface area is 137 Å². The largest absolute Gasteiger partial charge is 0.351 e. The van der Waals surface area contributed by atoms with Crippen LogP contribution >= 0.6 is 24.0 Å². The maximum Gasteiger partial charge on any atom is 0.234 e. The number of halogens is 2. The summed E-state index contributed by atoms with van der Waals surface area (Å²) in [6.45, 7) is 7.14. The van der Waals surface area contributed by atoms with E-state index in [4.69, 9.17) is 11.6 Å². The van der Waals surface area contributed by atoms with Crippen molar-refractivity contribution >= 4 is 29.9 Å². The van der Waals surface area contributed by atoms with Crippen molar-refractivity contribution in [1.82, 2.24) is 15.5 Å². The molecule has 2 unspecified atom stereocenters. The Morgan fingerprint density at radius 3 is 2.43 bits per heavy atom. The smallest absolute Gasteiger partial charge is 0.234 e. The number of carbonyl (C=O) groups is 1. The third kappa shape index (κ3) is 6.22. The Kier molecular flexibility index (Phi) is 7.46. The van der Waals surface area contributed by atoms with Crippen LogP contribution < -0.4 is 10.6 Å². The molecule has 0 aromatic heterocycles. The van der Waals surface area contributed by atoms with Crippen molar-refractivity contribution < 1.29 is 4.79 Å². The van der Waals surface area contributed by atoms with E-state index in [2.05, 4.69) is 29.4 Å². The highest BCUT2D eigenvalue weighted by molar-refractivity contribution is 6.30. The summed E-state index contributed by atoms with van der Waals surface area (Å²) in [7, 11) is 0. The average molecular weight is 332 g/mol. The van der Waals surface area contributed by atoms with Gasteiger partial charge in [0.2, 0.25) is 5.91 Å². The molecule has 0 aliphatic carbocycles. The first-order chi connectivity index (χ1) is 9.52. The van der Waals surface area contributed by atoms with Gasteiger partial charge in [0, 0.05) is 36.7 Å². The zero-order valence-electron chi connectivity index (χ0n) is 12.4. The lowest BCUT2D eigenvalue weighted by Crippen LogP contribution is -2.55. The monoisotopic (exact) mass is 331 g/mol. The standard InChI is InChI=1S/C15H22ClN3O.ClH/c1-11-8-19(9-12(2)18-11)10-15(20)17-7-13-3-5-14(16)6-4-13;/h3-6,11-12,18H,7-10H2,1-2H3,(H,17,20);1H. The molecular weight excluding hydrogens is 309 g/mol. The normalized spacial score (nSPS) is 22.4. The van der Waals surface area contributed by atoms with Crippen LogP contribution in [-0.4, -0.2) is 42.5 Å². The maximum atomic E-state index is 12.0. The van der Waals surface area contributed by atoms with Crippen molar-refractivity contribution in [2.75, 3.05) is 19.6 Å². The first-order valence-electron chi connectivity index (χ1n) is 7.02. The third-order valence-electron chi connectivity index (χ3n) is 3.40. The molecule has 1 aliphatic rings. The maximum absolute atomic E-state index is 12.0. The molecule has 1 saturated heterocycles. The Morgan fingerprint density at radius 2 is 1.86 bits per heavy atom. The molecule has 1 aliphatic heterocycles. The minimum absolute atomic E-state index is 0. The van der Waals surface area contributed by atoms with Crippen molar-refractivity contribution in [3.05, 3.63) is 34.9 Å². The van der Waals surface area contributed by atoms with Crippen LogP contribution in [-0.2, 0) is 11.3 Å². The van der Waals surface area contributed by atoms with Gasteiger partial charge in [0.25, 0.3) is 0 Å². The Balaban J connectivity index is 0.00000220. The lowest BCUT2D eigenvalue weighted by Gasteiger charge is -2.35. The molecule has 2 atom stereocenters. The average Bonchev–Trinajstić information content (AvgIpc) is 2.37. The number of hydrogen-bond acceptors (Lipinski definition) is 3. The second-order valence-corrected chi connectivity index (χ2v) is 6.00. The molecule has 1 aromatic rings. The van der Waals surface area contributed by atoms with Gasteiger partial charge in [-0.15, -0.1) is 12.4 Å². The predicted molar refractivity (Wildman–Crippen MR) is 89.0 cm³/mol. The fourth-order valence-electron chi connectivity index (χ4n) is 2.63. The fraction of sp³-hybridized carbons (Fsp3) is 0.533. The number of hydrogen-bond donors (Lipinski definition) is 2. The first-order valence-corrected chi connectivity index (χ1v) is 7.40. The molecule has 1 heterocycles. The number of rotatable bonds is 4. The Bertz CT molecular complexity index is 443. The van der Waals surface area contributed by atoms with Crippen LogP contribution in [0, 0.1) is 0 Å². The molecule has 4 nitrogen and oxygen atoms in total. The molecule has 0 radical (unpaired) electrons. The molecular formula is C15H23Cl2N3O. The van der Waals surface area contributed by atoms with Gasteiger partial charge in [-0.1, -0.05) is 23.7 Å². The van der Waals surface area contributed by atoms with Crippen molar-refractivity contribution in [2.45, 2.75) is 32.5 Å². The van der Waals surface area contributed by atoms with Gasteiger partial charge in [-0.3, -0.25) is 9.69 Å². The summed E-state index contributed by atoms with van der Waals surface area (Å²) < 4.78 is 0. The van der Waals surface area contributed by atoms with Gasteiger partial charge in [-0.25, -0.2) is 0 Å². The number of piperazine rings is 1. The number of nitrogens with one attached hydrogen (secondary N) is 2. The van der Waals surface area contributed by atoms with E-state index in [9.17, 15) is 4.79 Å². The molecule has 1 aromatic carbocycles. The summed E-state index contributed by atoms with van der Waals surface area (Å²) in [4.78, 5) is 14.2. The summed E-state index contributed by atoms with van der Waals surface area (Å²) in [6.07, 6.45) is 0. The highest BCUT2D eigenvalue weighted by Gasteiger charge is 2.22. The lowest BCUT2D eigenvalue weighted by molar-refractivity contribution is -0.122. The van der Waals surface area contributed by atoms with Gasteiger partial charge in [-0.2, -0.15) is 0 Å². The second kappa shape index (κ2) is 8.59. The van der Waals surface area contributed by atoms with Gasteiger partial charge in [0.15, 0.2) is 0 Å². The van der Waals surface area contributed by atoms with Gasteiger partial charge in [0.05, 0.1) is 6.54 Å². The summed E-state index contributed by atoms with van der Waals surface area (Å²) in [5.74, 6) is 0.0706. The van der Waals surface area contributed by atoms with Gasteiger partial charge < -0.3 is 10.6 Å². The topological polar surface area (TPSA) is 44.4 Å². The Morgan fingerprint density at radius 1 is 1.29 bits per heavy atom. The third-order valence-corrected chi connectivity index (χ3v) is 3.66. The number of carbonyl (C=O) groups excluding carboxylic acids is 1. The molecule has 0 saturated carbocycles. The van der Waals surface area contributed by atoms with E-state index in [1.165, 1.54) is 0 Å². The lowest BCUT2D eigenvalue weighted by atomic mass is 10.1. The zero-order chi connectivity index (χ0) is 14.5. The first kappa shape index (κ1) is 18.2. The molecule has 0 bridgehead atoms. The number of amides is 1. The molecule has 1 fully saturated rings. The molecule has 2 rings (SSSR count). The van der Waals surface area contributed by atoms with E-state index < -0.39 is 0 Å². The summed E-state index contributed by atoms with van der Waals surface area (Å²) in [6, 6.07) is 8.39. The highest BCUT2D eigenvalue weighted by atomic mass is 35.5. The minimum atomic E-state index is 0. The molecule has 6 heteroatoms. The van der Waals surface area contributed by atoms with Crippen LogP contribution in [0.15, 0.2) is 24.3 Å². The second-order valence-electron chi connectivity index (χ2n) is 5.57. The van der Waals surface area contributed by atoms with E-state index >= 15 is 0 Å². The summed E-state index contributed by atoms with van der Waals surface area (Å²) >= 11 is 5.83. The minimum Gasteiger partial charge on any atom is -0.351 e. The van der Waals surface area contributed by atoms with E-state index in [-0.39, 0.29) is 18.3 Å². The highest BCUT2D eigenvalue weighted by Crippen LogP contribution is 2.09. The van der Waals surface area contributed by atoms with Crippen LogP contribution in [0.2, 0.25) is 5.02 Å². The van der Waals surface area contributed by atoms with Crippen LogP contribution in [0.5, 0.6) is 0 Å². The van der Waals surface area contributed by atoms with Crippen LogP contribution in [0.1, 0.15) is 19.4 Å². The predicted octanol–water partition coefficient (Wildman–Crippen LogP) is 2.06. The summed E-state index contributed by atoms with van der Waals surface area (Å²) in [5, 5.41) is 7.12. The quantitative estimate of drug-likeness (QED) is 0.887. The number of nitrogens with zero attached hydrogens (tertiary/aromatic N) is 1. The van der Waals surface area contributed by atoms with E-state index in [1.807, 2.05) is 24.3 Å². The van der Waals surface area contributed by atoms with Gasteiger partial charge >= 0.3 is 0 Å². The van der Waals surface area contributed by atoms with Gasteiger partial charge in [-0.05, 0) is 31.5 Å². The SMILES string of the molecule is CC1CN(CC(=O)NCc2ccc(Cl)cc2)CC(C)N1.Cl. The molecule has 1 amide bonds. The number of benzene rings is 1. The van der Waals surface area contributed by atoms with E-state index in [0.717, 1.165) is 18.7 Å². The molecule has 21 heavy (non-hydrogen) atoms.